The van der Waals surface area contributed by atoms with E-state index in [9.17, 15) is 9.59 Å². The maximum atomic E-state index is 13.9. The molecule has 37 heavy (non-hydrogen) atoms. The molecule has 0 bridgehead atoms. The Morgan fingerprint density at radius 2 is 1.86 bits per heavy atom. The van der Waals surface area contributed by atoms with Crippen LogP contribution in [0.2, 0.25) is 0 Å². The van der Waals surface area contributed by atoms with Gasteiger partial charge in [0.05, 0.1) is 30.7 Å². The number of imidazole rings is 1. The quantitative estimate of drug-likeness (QED) is 0.545. The van der Waals surface area contributed by atoms with E-state index in [-0.39, 0.29) is 24.9 Å². The number of aromatic nitrogens is 2. The van der Waals surface area contributed by atoms with Crippen LogP contribution in [0.25, 0.3) is 11.0 Å². The van der Waals surface area contributed by atoms with Crippen molar-refractivity contribution in [3.63, 3.8) is 0 Å². The third kappa shape index (κ3) is 5.21. The normalized spacial score (nSPS) is 21.3. The number of morpholine rings is 1. The molecule has 0 aliphatic carbocycles. The van der Waals surface area contributed by atoms with Gasteiger partial charge in [-0.05, 0) is 63.3 Å². The second kappa shape index (κ2) is 10.9. The molecule has 1 atom stereocenters. The summed E-state index contributed by atoms with van der Waals surface area (Å²) in [6, 6.07) is 16.0. The lowest BCUT2D eigenvalue weighted by atomic mass is 9.91. The van der Waals surface area contributed by atoms with Gasteiger partial charge in [-0.1, -0.05) is 30.3 Å². The minimum atomic E-state index is -1.03. The van der Waals surface area contributed by atoms with Gasteiger partial charge in [-0.2, -0.15) is 0 Å². The fourth-order valence-corrected chi connectivity index (χ4v) is 5.55. The molecule has 0 N–H and O–H groups in total. The maximum Gasteiger partial charge on any atom is 0.256 e. The predicted octanol–water partition coefficient (Wildman–Crippen LogP) is 3.60. The zero-order valence-corrected chi connectivity index (χ0v) is 21.8. The maximum absolute atomic E-state index is 13.9. The Kier molecular flexibility index (Phi) is 7.46. The Balaban J connectivity index is 1.36. The summed E-state index contributed by atoms with van der Waals surface area (Å²) in [6.45, 7) is 6.63. The standard InChI is InChI=1S/C29H36N4O4/c1-3-31-16-18-36-26-14-7-4-10-23(26)11-8-9-15-29(28(31)35)21-32(17-19-37-29)27(34)20-33-22(2)30-24-12-5-6-13-25(24)33/h4-7,10,12-14H,3,8-9,11,15-21H2,1-2H3. The molecule has 2 aliphatic heterocycles. The van der Waals surface area contributed by atoms with E-state index in [0.29, 0.717) is 39.3 Å². The van der Waals surface area contributed by atoms with E-state index >= 15 is 0 Å². The van der Waals surface area contributed by atoms with E-state index < -0.39 is 5.60 Å². The van der Waals surface area contributed by atoms with Gasteiger partial charge in [0.15, 0.2) is 5.60 Å². The molecular weight excluding hydrogens is 468 g/mol. The van der Waals surface area contributed by atoms with Gasteiger partial charge in [0, 0.05) is 13.1 Å². The number of carbonyl (C=O) groups excluding carboxylic acids is 2. The Hall–Kier alpha value is -3.39. The van der Waals surface area contributed by atoms with E-state index in [0.717, 1.165) is 41.9 Å². The fourth-order valence-electron chi connectivity index (χ4n) is 5.55. The summed E-state index contributed by atoms with van der Waals surface area (Å²) in [7, 11) is 0. The average Bonchev–Trinajstić information content (AvgIpc) is 3.23. The number of aryl methyl sites for hydroxylation is 2. The van der Waals surface area contributed by atoms with Gasteiger partial charge in [-0.3, -0.25) is 9.59 Å². The molecule has 3 aromatic rings. The van der Waals surface area contributed by atoms with Crippen LogP contribution in [0.15, 0.2) is 48.5 Å². The van der Waals surface area contributed by atoms with Crippen LogP contribution in [0.4, 0.5) is 0 Å². The van der Waals surface area contributed by atoms with Gasteiger partial charge in [-0.25, -0.2) is 4.98 Å². The first-order chi connectivity index (χ1) is 18.0. The Morgan fingerprint density at radius 3 is 2.73 bits per heavy atom. The summed E-state index contributed by atoms with van der Waals surface area (Å²) in [5.74, 6) is 1.63. The summed E-state index contributed by atoms with van der Waals surface area (Å²) in [5, 5.41) is 0. The van der Waals surface area contributed by atoms with Crippen molar-refractivity contribution >= 4 is 22.8 Å². The van der Waals surface area contributed by atoms with Crippen molar-refractivity contribution < 1.29 is 19.1 Å². The van der Waals surface area contributed by atoms with E-state index in [1.165, 1.54) is 5.56 Å². The number of likely N-dealkylation sites (N-methyl/N-ethyl adjacent to an activating group) is 1. The number of hydrogen-bond donors (Lipinski definition) is 0. The number of fused-ring (bicyclic) bond motifs is 2. The number of nitrogens with zero attached hydrogens (tertiary/aromatic N) is 4. The van der Waals surface area contributed by atoms with Crippen molar-refractivity contribution in [2.75, 3.05) is 39.4 Å². The zero-order valence-electron chi connectivity index (χ0n) is 21.8. The Labute approximate surface area is 218 Å². The first-order valence-corrected chi connectivity index (χ1v) is 13.3. The lowest BCUT2D eigenvalue weighted by Crippen LogP contribution is -2.62. The monoisotopic (exact) mass is 504 g/mol. The average molecular weight is 505 g/mol. The zero-order chi connectivity index (χ0) is 25.8. The number of amides is 2. The van der Waals surface area contributed by atoms with Gasteiger partial charge < -0.3 is 23.8 Å². The predicted molar refractivity (Wildman–Crippen MR) is 141 cm³/mol. The van der Waals surface area contributed by atoms with Crippen LogP contribution in [0.5, 0.6) is 5.75 Å². The topological polar surface area (TPSA) is 76.9 Å². The van der Waals surface area contributed by atoms with Gasteiger partial charge in [-0.15, -0.1) is 0 Å². The Morgan fingerprint density at radius 1 is 1.05 bits per heavy atom. The molecule has 2 aromatic carbocycles. The molecule has 1 unspecified atom stereocenters. The van der Waals surface area contributed by atoms with Crippen molar-refractivity contribution in [1.29, 1.82) is 0 Å². The van der Waals surface area contributed by atoms with Crippen LogP contribution in [-0.4, -0.2) is 76.2 Å². The number of rotatable bonds is 3. The van der Waals surface area contributed by atoms with Crippen molar-refractivity contribution in [2.45, 2.75) is 51.7 Å². The van der Waals surface area contributed by atoms with Gasteiger partial charge in [0.1, 0.15) is 24.7 Å². The van der Waals surface area contributed by atoms with E-state index in [1.807, 2.05) is 65.8 Å². The number of carbonyl (C=O) groups is 2. The van der Waals surface area contributed by atoms with Gasteiger partial charge in [0.25, 0.3) is 5.91 Å². The van der Waals surface area contributed by atoms with Crippen molar-refractivity contribution in [2.24, 2.45) is 0 Å². The first-order valence-electron chi connectivity index (χ1n) is 13.3. The number of para-hydroxylation sites is 3. The smallest absolute Gasteiger partial charge is 0.256 e. The second-order valence-electron chi connectivity index (χ2n) is 9.94. The lowest BCUT2D eigenvalue weighted by Gasteiger charge is -2.44. The summed E-state index contributed by atoms with van der Waals surface area (Å²) in [4.78, 5) is 35.7. The second-order valence-corrected chi connectivity index (χ2v) is 9.94. The van der Waals surface area contributed by atoms with Crippen molar-refractivity contribution in [1.82, 2.24) is 19.4 Å². The Bertz CT molecular complexity index is 1270. The summed E-state index contributed by atoms with van der Waals surface area (Å²) in [5.41, 5.74) is 1.98. The molecule has 3 heterocycles. The molecular formula is C29H36N4O4. The first kappa shape index (κ1) is 25.3. The molecule has 1 aromatic heterocycles. The third-order valence-corrected chi connectivity index (χ3v) is 7.60. The minimum absolute atomic E-state index is 0.0202. The minimum Gasteiger partial charge on any atom is -0.491 e. The van der Waals surface area contributed by atoms with Crippen LogP contribution >= 0.6 is 0 Å². The molecule has 8 nitrogen and oxygen atoms in total. The summed E-state index contributed by atoms with van der Waals surface area (Å²) >= 11 is 0. The summed E-state index contributed by atoms with van der Waals surface area (Å²) < 4.78 is 14.3. The molecule has 5 rings (SSSR count). The van der Waals surface area contributed by atoms with Crippen LogP contribution in [0, 0.1) is 6.92 Å². The molecule has 1 fully saturated rings. The van der Waals surface area contributed by atoms with Crippen LogP contribution in [0.3, 0.4) is 0 Å². The molecule has 1 saturated heterocycles. The molecule has 0 radical (unpaired) electrons. The van der Waals surface area contributed by atoms with Gasteiger partial charge in [0.2, 0.25) is 5.91 Å². The molecule has 2 aliphatic rings. The van der Waals surface area contributed by atoms with E-state index in [2.05, 4.69) is 11.1 Å². The number of hydrogen-bond acceptors (Lipinski definition) is 5. The third-order valence-electron chi connectivity index (χ3n) is 7.60. The van der Waals surface area contributed by atoms with Crippen LogP contribution in [-0.2, 0) is 27.3 Å². The highest BCUT2D eigenvalue weighted by Crippen LogP contribution is 2.30. The summed E-state index contributed by atoms with van der Waals surface area (Å²) in [6.07, 6.45) is 3.21. The van der Waals surface area contributed by atoms with Crippen LogP contribution < -0.4 is 4.74 Å². The van der Waals surface area contributed by atoms with E-state index in [4.69, 9.17) is 9.47 Å². The number of benzene rings is 2. The van der Waals surface area contributed by atoms with E-state index in [1.54, 1.807) is 4.90 Å². The fraction of sp³-hybridized carbons (Fsp3) is 0.483. The molecule has 196 valence electrons. The number of ether oxygens (including phenoxy) is 2. The highest BCUT2D eigenvalue weighted by atomic mass is 16.5. The van der Waals surface area contributed by atoms with Gasteiger partial charge >= 0.3 is 0 Å². The molecule has 8 heteroatoms. The SMILES string of the molecule is CCN1CCOc2ccccc2CCCCC2(CN(C(=O)Cn3c(C)nc4ccccc43)CCO2)C1=O. The molecule has 0 saturated carbocycles. The lowest BCUT2D eigenvalue weighted by molar-refractivity contribution is -0.176. The highest BCUT2D eigenvalue weighted by molar-refractivity contribution is 5.87. The largest absolute Gasteiger partial charge is 0.491 e. The molecule has 1 spiro atoms. The van der Waals surface area contributed by atoms with Crippen molar-refractivity contribution in [3.8, 4) is 5.75 Å². The molecule has 2 amide bonds. The van der Waals surface area contributed by atoms with Crippen molar-refractivity contribution in [3.05, 3.63) is 59.9 Å². The van der Waals surface area contributed by atoms with Crippen LogP contribution in [0.1, 0.15) is 37.6 Å². The highest BCUT2D eigenvalue weighted by Gasteiger charge is 2.46.